The lowest BCUT2D eigenvalue weighted by molar-refractivity contribution is -0.856. The van der Waals surface area contributed by atoms with Crippen molar-refractivity contribution in [2.75, 3.05) is 32.1 Å². The van der Waals surface area contributed by atoms with Gasteiger partial charge in [-0.2, -0.15) is 0 Å². The minimum Gasteiger partial charge on any atom is -0.338 e. The number of aromatic nitrogens is 1. The van der Waals surface area contributed by atoms with Crippen LogP contribution in [0.2, 0.25) is 0 Å². The zero-order chi connectivity index (χ0) is 18.5. The Balaban J connectivity index is 1.87. The van der Waals surface area contributed by atoms with Gasteiger partial charge in [-0.25, -0.2) is 4.98 Å². The fraction of sp³-hybridized carbons (Fsp3) is 0.238. The molecule has 1 heterocycles. The van der Waals surface area contributed by atoms with Gasteiger partial charge in [-0.15, -0.1) is 0 Å². The van der Waals surface area contributed by atoms with E-state index in [1.807, 2.05) is 42.5 Å². The van der Waals surface area contributed by atoms with Gasteiger partial charge in [0.2, 0.25) is 0 Å². The second-order valence-corrected chi connectivity index (χ2v) is 7.67. The molecule has 3 rings (SSSR count). The minimum atomic E-state index is -0.0362. The smallest absolute Gasteiger partial charge is 0.252 e. The van der Waals surface area contributed by atoms with Crippen LogP contribution < -0.4 is 9.80 Å². The summed E-state index contributed by atoms with van der Waals surface area (Å²) in [4.78, 5) is 20.6. The third kappa shape index (κ3) is 4.56. The number of benzene rings is 2. The predicted molar refractivity (Wildman–Crippen MR) is 110 cm³/mol. The number of nitrogens with one attached hydrogen (secondary N) is 1. The van der Waals surface area contributed by atoms with Gasteiger partial charge in [-0.3, -0.25) is 9.69 Å². The summed E-state index contributed by atoms with van der Waals surface area (Å²) >= 11 is 1.57. The highest BCUT2D eigenvalue weighted by Gasteiger charge is 2.18. The molecule has 0 radical (unpaired) electrons. The Labute approximate surface area is 158 Å². The Morgan fingerprint density at radius 1 is 1.19 bits per heavy atom. The highest BCUT2D eigenvalue weighted by Crippen LogP contribution is 2.29. The summed E-state index contributed by atoms with van der Waals surface area (Å²) in [6.07, 6.45) is 3.49. The topological polar surface area (TPSA) is 37.6 Å². The van der Waals surface area contributed by atoms with Gasteiger partial charge < -0.3 is 4.90 Å². The van der Waals surface area contributed by atoms with Crippen LogP contribution in [0, 0.1) is 6.92 Å². The third-order valence-electron chi connectivity index (χ3n) is 4.08. The Kier molecular flexibility index (Phi) is 5.81. The van der Waals surface area contributed by atoms with Gasteiger partial charge in [0, 0.05) is 6.08 Å². The largest absolute Gasteiger partial charge is 0.338 e. The number of hydrogen-bond donors (Lipinski definition) is 1. The van der Waals surface area contributed by atoms with E-state index in [1.54, 1.807) is 22.3 Å². The lowest BCUT2D eigenvalue weighted by Crippen LogP contribution is -3.06. The van der Waals surface area contributed by atoms with E-state index in [9.17, 15) is 4.79 Å². The fourth-order valence-corrected chi connectivity index (χ4v) is 3.69. The first kappa shape index (κ1) is 18.3. The van der Waals surface area contributed by atoms with Crippen molar-refractivity contribution in [1.29, 1.82) is 0 Å². The number of fused-ring (bicyclic) bond motifs is 1. The number of carbonyl (C=O) groups is 1. The number of carbonyl (C=O) groups excluding carboxylic acids is 1. The molecule has 5 heteroatoms. The van der Waals surface area contributed by atoms with E-state index < -0.39 is 0 Å². The summed E-state index contributed by atoms with van der Waals surface area (Å²) < 4.78 is 1.11. The van der Waals surface area contributed by atoms with E-state index in [0.29, 0.717) is 6.54 Å². The maximum Gasteiger partial charge on any atom is 0.252 e. The first-order valence-electron chi connectivity index (χ1n) is 8.74. The maximum atomic E-state index is 12.9. The molecule has 1 amide bonds. The second kappa shape index (κ2) is 8.25. The number of thiazole rings is 1. The van der Waals surface area contributed by atoms with Crippen LogP contribution >= 0.6 is 11.3 Å². The van der Waals surface area contributed by atoms with Crippen LogP contribution in [0.5, 0.6) is 0 Å². The molecule has 2 aromatic carbocycles. The molecular weight excluding hydrogens is 342 g/mol. The Morgan fingerprint density at radius 2 is 1.96 bits per heavy atom. The molecule has 0 saturated carbocycles. The van der Waals surface area contributed by atoms with Gasteiger partial charge in [0.25, 0.3) is 5.91 Å². The summed E-state index contributed by atoms with van der Waals surface area (Å²) in [5, 5.41) is 0.759. The van der Waals surface area contributed by atoms with Crippen LogP contribution in [0.1, 0.15) is 11.1 Å². The monoisotopic (exact) mass is 366 g/mol. The van der Waals surface area contributed by atoms with E-state index in [0.717, 1.165) is 27.5 Å². The van der Waals surface area contributed by atoms with Crippen LogP contribution in [0.4, 0.5) is 5.13 Å². The number of anilines is 1. The molecule has 0 spiro atoms. The lowest BCUT2D eigenvalue weighted by Gasteiger charge is -2.19. The number of hydrogen-bond acceptors (Lipinski definition) is 3. The number of aryl methyl sites for hydroxylation is 1. The molecule has 4 nitrogen and oxygen atoms in total. The van der Waals surface area contributed by atoms with Crippen LogP contribution in [0.3, 0.4) is 0 Å². The standard InChI is InChI=1S/C21H23N3OS/c1-16-9-11-18-19(15-16)26-21(22-18)24(14-13-23(2)3)20(25)12-10-17-7-5-4-6-8-17/h4-12,15H,13-14H2,1-3H3/p+1/b12-10+. The van der Waals surface area contributed by atoms with Crippen LogP contribution in [0.25, 0.3) is 16.3 Å². The van der Waals surface area contributed by atoms with Gasteiger partial charge >= 0.3 is 0 Å². The van der Waals surface area contributed by atoms with Gasteiger partial charge in [-0.1, -0.05) is 47.7 Å². The molecule has 0 aliphatic rings. The van der Waals surface area contributed by atoms with Crippen LogP contribution in [-0.4, -0.2) is 38.1 Å². The third-order valence-corrected chi connectivity index (χ3v) is 5.12. The molecule has 0 saturated heterocycles. The zero-order valence-corrected chi connectivity index (χ0v) is 16.2. The fourth-order valence-electron chi connectivity index (χ4n) is 2.59. The van der Waals surface area contributed by atoms with Gasteiger partial charge in [-0.05, 0) is 36.3 Å². The minimum absolute atomic E-state index is 0.0362. The predicted octanol–water partition coefficient (Wildman–Crippen LogP) is 2.80. The number of nitrogens with zero attached hydrogens (tertiary/aromatic N) is 2. The summed E-state index contributed by atoms with van der Waals surface area (Å²) in [5.41, 5.74) is 3.16. The zero-order valence-electron chi connectivity index (χ0n) is 15.4. The van der Waals surface area contributed by atoms with Crippen molar-refractivity contribution in [2.45, 2.75) is 6.92 Å². The molecule has 0 unspecified atom stereocenters. The normalized spacial score (nSPS) is 11.5. The molecule has 3 aromatic rings. The summed E-state index contributed by atoms with van der Waals surface area (Å²) in [6.45, 7) is 3.57. The van der Waals surface area contributed by atoms with Crippen molar-refractivity contribution in [2.24, 2.45) is 0 Å². The van der Waals surface area contributed by atoms with Crippen molar-refractivity contribution >= 4 is 38.7 Å². The van der Waals surface area contributed by atoms with E-state index in [4.69, 9.17) is 0 Å². The van der Waals surface area contributed by atoms with Crippen molar-refractivity contribution in [3.8, 4) is 0 Å². The quantitative estimate of drug-likeness (QED) is 0.681. The molecule has 1 aromatic heterocycles. The lowest BCUT2D eigenvalue weighted by atomic mass is 10.2. The van der Waals surface area contributed by atoms with E-state index in [2.05, 4.69) is 38.1 Å². The van der Waals surface area contributed by atoms with Crippen LogP contribution in [-0.2, 0) is 4.79 Å². The number of likely N-dealkylation sites (N-methyl/N-ethyl adjacent to an activating group) is 1. The first-order valence-corrected chi connectivity index (χ1v) is 9.55. The second-order valence-electron chi connectivity index (χ2n) is 6.66. The van der Waals surface area contributed by atoms with Gasteiger partial charge in [0.05, 0.1) is 37.4 Å². The number of amides is 1. The first-order chi connectivity index (χ1) is 12.5. The Morgan fingerprint density at radius 3 is 2.69 bits per heavy atom. The SMILES string of the molecule is Cc1ccc2nc(N(CC[NH+](C)C)C(=O)/C=C/c3ccccc3)sc2c1. The van der Waals surface area contributed by atoms with Gasteiger partial charge in [0.1, 0.15) is 0 Å². The molecular formula is C21H24N3OS+. The van der Waals surface area contributed by atoms with Crippen molar-refractivity contribution in [3.63, 3.8) is 0 Å². The molecule has 0 bridgehead atoms. The van der Waals surface area contributed by atoms with E-state index in [-0.39, 0.29) is 5.91 Å². The molecule has 0 aliphatic heterocycles. The summed E-state index contributed by atoms with van der Waals surface area (Å²) in [7, 11) is 4.17. The Hall–Kier alpha value is -2.50. The maximum absolute atomic E-state index is 12.9. The van der Waals surface area contributed by atoms with Gasteiger partial charge in [0.15, 0.2) is 5.13 Å². The van der Waals surface area contributed by atoms with E-state index in [1.165, 1.54) is 10.5 Å². The van der Waals surface area contributed by atoms with Crippen molar-refractivity contribution in [3.05, 3.63) is 65.7 Å². The average Bonchev–Trinajstić information content (AvgIpc) is 3.03. The highest BCUT2D eigenvalue weighted by atomic mass is 32.1. The summed E-state index contributed by atoms with van der Waals surface area (Å²) in [5.74, 6) is -0.0362. The number of rotatable bonds is 6. The molecule has 0 aliphatic carbocycles. The number of quaternary nitrogens is 1. The molecule has 0 atom stereocenters. The molecule has 26 heavy (non-hydrogen) atoms. The van der Waals surface area contributed by atoms with Crippen molar-refractivity contribution in [1.82, 2.24) is 4.98 Å². The highest BCUT2D eigenvalue weighted by molar-refractivity contribution is 7.22. The van der Waals surface area contributed by atoms with E-state index >= 15 is 0 Å². The average molecular weight is 367 g/mol. The summed E-state index contributed by atoms with van der Waals surface area (Å²) in [6, 6.07) is 16.1. The Bertz CT molecular complexity index is 915. The molecule has 1 N–H and O–H groups in total. The molecule has 0 fully saturated rings. The van der Waals surface area contributed by atoms with Crippen LogP contribution in [0.15, 0.2) is 54.6 Å². The van der Waals surface area contributed by atoms with Crippen molar-refractivity contribution < 1.29 is 9.69 Å². The molecule has 134 valence electrons.